The standard InChI is InChI=1S/C26H18F2N2O3/c1-33-25-19(7-4-12-29-25)23-22-18-6-3-2-5-15(18)9-11-21(22)30(24(23)26(31)32)14-16-8-10-17(27)13-20(16)28/h2-13H,14H2,1H3,(H,31,32). The van der Waals surface area contributed by atoms with Crippen molar-refractivity contribution in [3.05, 3.63) is 95.8 Å². The second-order valence-corrected chi connectivity index (χ2v) is 7.59. The lowest BCUT2D eigenvalue weighted by atomic mass is 9.98. The number of hydrogen-bond acceptors (Lipinski definition) is 3. The number of fused-ring (bicyclic) bond motifs is 3. The summed E-state index contributed by atoms with van der Waals surface area (Å²) in [5.41, 5.74) is 1.69. The van der Waals surface area contributed by atoms with E-state index >= 15 is 0 Å². The predicted molar refractivity (Wildman–Crippen MR) is 122 cm³/mol. The first-order valence-electron chi connectivity index (χ1n) is 10.2. The summed E-state index contributed by atoms with van der Waals surface area (Å²) in [7, 11) is 1.47. The van der Waals surface area contributed by atoms with Crippen molar-refractivity contribution in [2.45, 2.75) is 6.54 Å². The monoisotopic (exact) mass is 444 g/mol. The van der Waals surface area contributed by atoms with E-state index in [1.807, 2.05) is 36.4 Å². The van der Waals surface area contributed by atoms with Gasteiger partial charge in [-0.05, 0) is 35.0 Å². The van der Waals surface area contributed by atoms with Crippen molar-refractivity contribution in [2.24, 2.45) is 0 Å². The molecule has 0 amide bonds. The van der Waals surface area contributed by atoms with Gasteiger partial charge in [0.15, 0.2) is 0 Å². The smallest absolute Gasteiger partial charge is 0.353 e. The number of methoxy groups -OCH3 is 1. The maximum absolute atomic E-state index is 14.5. The second kappa shape index (κ2) is 8.02. The normalized spacial score (nSPS) is 11.2. The van der Waals surface area contributed by atoms with Crippen molar-refractivity contribution < 1.29 is 23.4 Å². The number of pyridine rings is 1. The molecule has 0 atom stereocenters. The van der Waals surface area contributed by atoms with Gasteiger partial charge >= 0.3 is 5.97 Å². The summed E-state index contributed by atoms with van der Waals surface area (Å²) in [5.74, 6) is -2.34. The molecule has 1 N–H and O–H groups in total. The van der Waals surface area contributed by atoms with Gasteiger partial charge in [-0.25, -0.2) is 18.6 Å². The summed E-state index contributed by atoms with van der Waals surface area (Å²) >= 11 is 0. The molecule has 33 heavy (non-hydrogen) atoms. The van der Waals surface area contributed by atoms with Crippen molar-refractivity contribution in [3.8, 4) is 17.0 Å². The number of carbonyl (C=O) groups is 1. The van der Waals surface area contributed by atoms with Crippen molar-refractivity contribution >= 4 is 27.6 Å². The van der Waals surface area contributed by atoms with Gasteiger partial charge < -0.3 is 14.4 Å². The van der Waals surface area contributed by atoms with Crippen LogP contribution in [0.15, 0.2) is 72.9 Å². The minimum atomic E-state index is -1.18. The zero-order chi connectivity index (χ0) is 23.1. The Labute approximate surface area is 187 Å². The van der Waals surface area contributed by atoms with Crippen LogP contribution in [-0.4, -0.2) is 27.7 Å². The van der Waals surface area contributed by atoms with E-state index in [9.17, 15) is 18.7 Å². The highest BCUT2D eigenvalue weighted by Gasteiger charge is 2.27. The first kappa shape index (κ1) is 20.6. The van der Waals surface area contributed by atoms with E-state index in [4.69, 9.17) is 4.74 Å². The molecule has 2 aromatic heterocycles. The largest absolute Gasteiger partial charge is 0.481 e. The Balaban J connectivity index is 1.92. The maximum Gasteiger partial charge on any atom is 0.353 e. The molecule has 0 spiro atoms. The van der Waals surface area contributed by atoms with E-state index in [1.165, 1.54) is 13.2 Å². The fourth-order valence-electron chi connectivity index (χ4n) is 4.33. The van der Waals surface area contributed by atoms with Gasteiger partial charge in [0.1, 0.15) is 17.3 Å². The molecule has 0 aliphatic rings. The van der Waals surface area contributed by atoms with Crippen molar-refractivity contribution in [1.82, 2.24) is 9.55 Å². The number of aromatic nitrogens is 2. The van der Waals surface area contributed by atoms with Gasteiger partial charge in [0.25, 0.3) is 0 Å². The Bertz CT molecular complexity index is 1540. The molecular formula is C26H18F2N2O3. The van der Waals surface area contributed by atoms with Crippen LogP contribution in [0.3, 0.4) is 0 Å². The third kappa shape index (κ3) is 3.38. The van der Waals surface area contributed by atoms with Crippen LogP contribution in [0.4, 0.5) is 8.78 Å². The van der Waals surface area contributed by atoms with Crippen LogP contribution in [0.2, 0.25) is 0 Å². The molecule has 2 heterocycles. The number of ether oxygens (including phenoxy) is 1. The van der Waals surface area contributed by atoms with Gasteiger partial charge in [-0.2, -0.15) is 0 Å². The van der Waals surface area contributed by atoms with Crippen molar-refractivity contribution in [1.29, 1.82) is 0 Å². The Kier molecular flexibility index (Phi) is 5.01. The number of halogens is 2. The molecule has 0 saturated heterocycles. The van der Waals surface area contributed by atoms with E-state index in [0.29, 0.717) is 22.0 Å². The molecule has 0 radical (unpaired) electrons. The van der Waals surface area contributed by atoms with Crippen LogP contribution in [-0.2, 0) is 6.54 Å². The Morgan fingerprint density at radius 1 is 1.06 bits per heavy atom. The van der Waals surface area contributed by atoms with Crippen LogP contribution >= 0.6 is 0 Å². The van der Waals surface area contributed by atoms with Crippen LogP contribution < -0.4 is 4.74 Å². The van der Waals surface area contributed by atoms with E-state index in [1.54, 1.807) is 22.9 Å². The average Bonchev–Trinajstić information content (AvgIpc) is 3.15. The summed E-state index contributed by atoms with van der Waals surface area (Å²) in [4.78, 5) is 16.9. The summed E-state index contributed by atoms with van der Waals surface area (Å²) in [6, 6.07) is 18.1. The zero-order valence-corrected chi connectivity index (χ0v) is 17.5. The molecule has 0 saturated carbocycles. The highest BCUT2D eigenvalue weighted by atomic mass is 19.1. The van der Waals surface area contributed by atoms with Gasteiger partial charge in [-0.15, -0.1) is 0 Å². The third-order valence-electron chi connectivity index (χ3n) is 5.73. The molecule has 3 aromatic carbocycles. The van der Waals surface area contributed by atoms with Crippen LogP contribution in [0.5, 0.6) is 5.88 Å². The second-order valence-electron chi connectivity index (χ2n) is 7.59. The third-order valence-corrected chi connectivity index (χ3v) is 5.73. The van der Waals surface area contributed by atoms with Gasteiger partial charge in [0, 0.05) is 34.3 Å². The summed E-state index contributed by atoms with van der Waals surface area (Å²) in [6.45, 7) is -0.0921. The Morgan fingerprint density at radius 3 is 2.64 bits per heavy atom. The summed E-state index contributed by atoms with van der Waals surface area (Å²) in [5, 5.41) is 12.8. The quantitative estimate of drug-likeness (QED) is 0.367. The highest BCUT2D eigenvalue weighted by Crippen LogP contribution is 2.42. The van der Waals surface area contributed by atoms with Gasteiger partial charge in [-0.3, -0.25) is 0 Å². The number of aromatic carboxylic acids is 1. The molecule has 5 aromatic rings. The first-order chi connectivity index (χ1) is 16.0. The molecule has 5 rings (SSSR count). The highest BCUT2D eigenvalue weighted by molar-refractivity contribution is 6.19. The molecule has 164 valence electrons. The molecular weight excluding hydrogens is 426 g/mol. The van der Waals surface area contributed by atoms with Crippen LogP contribution in [0.25, 0.3) is 32.8 Å². The zero-order valence-electron chi connectivity index (χ0n) is 17.5. The van der Waals surface area contributed by atoms with E-state index in [0.717, 1.165) is 22.9 Å². The average molecular weight is 444 g/mol. The number of benzene rings is 3. The van der Waals surface area contributed by atoms with Crippen molar-refractivity contribution in [2.75, 3.05) is 7.11 Å². The van der Waals surface area contributed by atoms with Crippen molar-refractivity contribution in [3.63, 3.8) is 0 Å². The molecule has 7 heteroatoms. The number of nitrogens with zero attached hydrogens (tertiary/aromatic N) is 2. The fraction of sp³-hybridized carbons (Fsp3) is 0.0769. The lowest BCUT2D eigenvalue weighted by molar-refractivity contribution is 0.0687. The number of carboxylic acid groups (broad SMARTS) is 1. The fourth-order valence-corrected chi connectivity index (χ4v) is 4.33. The molecule has 5 nitrogen and oxygen atoms in total. The molecule has 0 bridgehead atoms. The molecule has 0 unspecified atom stereocenters. The van der Waals surface area contributed by atoms with Crippen LogP contribution in [0, 0.1) is 11.6 Å². The lowest BCUT2D eigenvalue weighted by Crippen LogP contribution is -2.11. The van der Waals surface area contributed by atoms with E-state index < -0.39 is 17.6 Å². The minimum absolute atomic E-state index is 0.0311. The number of hydrogen-bond donors (Lipinski definition) is 1. The topological polar surface area (TPSA) is 64.3 Å². The predicted octanol–water partition coefficient (Wildman–Crippen LogP) is 5.89. The summed E-state index contributed by atoms with van der Waals surface area (Å²) in [6.07, 6.45) is 1.56. The number of rotatable bonds is 5. The SMILES string of the molecule is COc1ncccc1-c1c(C(=O)O)n(Cc2ccc(F)cc2F)c2ccc3ccccc3c12. The maximum atomic E-state index is 14.5. The first-order valence-corrected chi connectivity index (χ1v) is 10.2. The van der Waals surface area contributed by atoms with E-state index in [2.05, 4.69) is 4.98 Å². The minimum Gasteiger partial charge on any atom is -0.481 e. The van der Waals surface area contributed by atoms with Crippen LogP contribution in [0.1, 0.15) is 16.1 Å². The molecule has 0 fully saturated rings. The lowest BCUT2D eigenvalue weighted by Gasteiger charge is -2.11. The van der Waals surface area contributed by atoms with E-state index in [-0.39, 0.29) is 23.7 Å². The summed E-state index contributed by atoms with van der Waals surface area (Å²) < 4.78 is 35.0. The Morgan fingerprint density at radius 2 is 1.88 bits per heavy atom. The molecule has 0 aliphatic heterocycles. The Hall–Kier alpha value is -4.26. The molecule has 0 aliphatic carbocycles. The number of carboxylic acids is 1. The van der Waals surface area contributed by atoms with Gasteiger partial charge in [-0.1, -0.05) is 36.4 Å². The van der Waals surface area contributed by atoms with Gasteiger partial charge in [0.05, 0.1) is 19.2 Å². The van der Waals surface area contributed by atoms with Gasteiger partial charge in [0.2, 0.25) is 5.88 Å².